The minimum absolute atomic E-state index is 0.0462. The van der Waals surface area contributed by atoms with Gasteiger partial charge in [-0.2, -0.15) is 0 Å². The molecule has 1 fully saturated rings. The molecule has 0 bridgehead atoms. The van der Waals surface area contributed by atoms with E-state index in [9.17, 15) is 14.4 Å². The largest absolute Gasteiger partial charge is 0.335 e. The Hall–Kier alpha value is -2.86. The number of carbonyl (C=O) groups is 3. The van der Waals surface area contributed by atoms with Crippen molar-refractivity contribution in [3.63, 3.8) is 0 Å². The van der Waals surface area contributed by atoms with Gasteiger partial charge in [0.2, 0.25) is 0 Å². The van der Waals surface area contributed by atoms with E-state index in [0.29, 0.717) is 10.5 Å². The molecular weight excluding hydrogens is 348 g/mol. The number of carbonyl (C=O) groups excluding carboxylic acids is 3. The lowest BCUT2D eigenvalue weighted by Crippen LogP contribution is -2.29. The monoisotopic (exact) mass is 366 g/mol. The van der Waals surface area contributed by atoms with E-state index in [1.165, 1.54) is 0 Å². The zero-order valence-corrected chi connectivity index (χ0v) is 15.2. The molecule has 0 saturated carbocycles. The zero-order chi connectivity index (χ0) is 18.7. The lowest BCUT2D eigenvalue weighted by molar-refractivity contribution is -0.115. The molecule has 1 N–H and O–H groups in total. The van der Waals surface area contributed by atoms with Crippen LogP contribution in [0.3, 0.4) is 0 Å². The first-order valence-corrected chi connectivity index (χ1v) is 8.94. The molecule has 0 aliphatic carbocycles. The van der Waals surface area contributed by atoms with Crippen LogP contribution in [-0.2, 0) is 4.79 Å². The van der Waals surface area contributed by atoms with E-state index >= 15 is 0 Å². The van der Waals surface area contributed by atoms with Crippen LogP contribution in [0.15, 0.2) is 59.5 Å². The Bertz CT molecular complexity index is 876. The number of nitrogens with zero attached hydrogens (tertiary/aromatic N) is 1. The molecule has 3 rings (SSSR count). The fraction of sp³-hybridized carbons (Fsp3) is 0.150. The Morgan fingerprint density at radius 2 is 1.73 bits per heavy atom. The van der Waals surface area contributed by atoms with Gasteiger partial charge in [0, 0.05) is 12.6 Å². The van der Waals surface area contributed by atoms with Crippen LogP contribution in [0.2, 0.25) is 0 Å². The van der Waals surface area contributed by atoms with Gasteiger partial charge in [-0.15, -0.1) is 0 Å². The molecule has 5 nitrogen and oxygen atoms in total. The maximum absolute atomic E-state index is 12.7. The molecule has 3 amide bonds. The first kappa shape index (κ1) is 17.9. The molecule has 1 aliphatic rings. The van der Waals surface area contributed by atoms with Gasteiger partial charge in [0.1, 0.15) is 0 Å². The summed E-state index contributed by atoms with van der Waals surface area (Å²) in [4.78, 5) is 37.5. The third-order valence-corrected chi connectivity index (χ3v) is 5.09. The molecule has 6 heteroatoms. The number of hydrogen-bond acceptors (Lipinski definition) is 4. The van der Waals surface area contributed by atoms with Crippen molar-refractivity contribution in [3.8, 4) is 0 Å². The molecule has 2 aromatic carbocycles. The molecular formula is C20H18N2O3S. The number of imide groups is 1. The summed E-state index contributed by atoms with van der Waals surface area (Å²) in [5, 5.41) is 1.84. The highest BCUT2D eigenvalue weighted by molar-refractivity contribution is 8.18. The van der Waals surface area contributed by atoms with Crippen molar-refractivity contribution in [2.24, 2.45) is 0 Å². The maximum atomic E-state index is 12.7. The van der Waals surface area contributed by atoms with Gasteiger partial charge in [-0.3, -0.25) is 19.7 Å². The van der Waals surface area contributed by atoms with Crippen LogP contribution in [0.5, 0.6) is 0 Å². The predicted octanol–water partition coefficient (Wildman–Crippen LogP) is 3.84. The number of nitrogens with one attached hydrogen (secondary N) is 1. The topological polar surface area (TPSA) is 66.5 Å². The molecule has 132 valence electrons. The van der Waals surface area contributed by atoms with E-state index in [1.807, 2.05) is 37.3 Å². The summed E-state index contributed by atoms with van der Waals surface area (Å²) in [6, 6.07) is 16.8. The van der Waals surface area contributed by atoms with Crippen molar-refractivity contribution in [1.82, 2.24) is 10.2 Å². The molecule has 0 spiro atoms. The summed E-state index contributed by atoms with van der Waals surface area (Å²) in [6.45, 7) is 1.99. The average Bonchev–Trinajstić information content (AvgIpc) is 2.98. The Morgan fingerprint density at radius 1 is 1.08 bits per heavy atom. The molecule has 0 aromatic heterocycles. The second kappa shape index (κ2) is 7.58. The van der Waals surface area contributed by atoms with E-state index in [4.69, 9.17) is 0 Å². The van der Waals surface area contributed by atoms with Gasteiger partial charge in [0.05, 0.1) is 10.9 Å². The number of hydrogen-bond donors (Lipinski definition) is 1. The van der Waals surface area contributed by atoms with Crippen LogP contribution < -0.4 is 5.32 Å². The van der Waals surface area contributed by atoms with Crippen LogP contribution in [-0.4, -0.2) is 29.0 Å². The fourth-order valence-corrected chi connectivity index (χ4v) is 3.31. The van der Waals surface area contributed by atoms with Gasteiger partial charge in [0.15, 0.2) is 0 Å². The normalized spacial score (nSPS) is 16.5. The first-order chi connectivity index (χ1) is 12.5. The van der Waals surface area contributed by atoms with Gasteiger partial charge in [-0.1, -0.05) is 42.5 Å². The Morgan fingerprint density at radius 3 is 2.31 bits per heavy atom. The van der Waals surface area contributed by atoms with Crippen LogP contribution in [0.4, 0.5) is 4.79 Å². The highest BCUT2D eigenvalue weighted by atomic mass is 32.2. The van der Waals surface area contributed by atoms with E-state index in [2.05, 4.69) is 5.32 Å². The quantitative estimate of drug-likeness (QED) is 0.835. The summed E-state index contributed by atoms with van der Waals surface area (Å²) in [5.41, 5.74) is 2.39. The Balaban J connectivity index is 1.74. The van der Waals surface area contributed by atoms with E-state index < -0.39 is 5.91 Å². The molecule has 26 heavy (non-hydrogen) atoms. The van der Waals surface area contributed by atoms with Crippen molar-refractivity contribution in [2.45, 2.75) is 13.0 Å². The minimum atomic E-state index is -0.392. The van der Waals surface area contributed by atoms with Crippen LogP contribution >= 0.6 is 11.8 Å². The molecule has 1 heterocycles. The number of rotatable bonds is 4. The third kappa shape index (κ3) is 3.86. The van der Waals surface area contributed by atoms with E-state index in [0.717, 1.165) is 22.9 Å². The van der Waals surface area contributed by atoms with Gasteiger partial charge in [0.25, 0.3) is 17.1 Å². The summed E-state index contributed by atoms with van der Waals surface area (Å²) in [6.07, 6.45) is 1.63. The first-order valence-electron chi connectivity index (χ1n) is 8.13. The lowest BCUT2D eigenvalue weighted by Gasteiger charge is -2.25. The van der Waals surface area contributed by atoms with Crippen molar-refractivity contribution >= 4 is 34.9 Å². The number of benzene rings is 2. The molecule has 1 atom stereocenters. The summed E-state index contributed by atoms with van der Waals surface area (Å²) < 4.78 is 0. The molecule has 1 saturated heterocycles. The highest BCUT2D eigenvalue weighted by Gasteiger charge is 2.25. The molecule has 1 unspecified atom stereocenters. The van der Waals surface area contributed by atoms with Crippen LogP contribution in [0.1, 0.15) is 34.5 Å². The maximum Gasteiger partial charge on any atom is 0.290 e. The molecule has 1 aliphatic heterocycles. The van der Waals surface area contributed by atoms with Gasteiger partial charge < -0.3 is 4.90 Å². The van der Waals surface area contributed by atoms with E-state index in [-0.39, 0.29) is 17.2 Å². The smallest absolute Gasteiger partial charge is 0.290 e. The van der Waals surface area contributed by atoms with Crippen molar-refractivity contribution in [2.75, 3.05) is 7.05 Å². The Labute approximate surface area is 156 Å². The summed E-state index contributed by atoms with van der Waals surface area (Å²) in [7, 11) is 1.78. The zero-order valence-electron chi connectivity index (χ0n) is 14.4. The predicted molar refractivity (Wildman–Crippen MR) is 102 cm³/mol. The third-order valence-electron chi connectivity index (χ3n) is 4.28. The van der Waals surface area contributed by atoms with Crippen molar-refractivity contribution in [1.29, 1.82) is 0 Å². The number of amides is 3. The standard InChI is InChI=1S/C20H18N2O3S/c1-13(15-6-4-3-5-7-15)22(2)19(24)16-10-8-14(9-11-16)12-17-18(23)21-20(25)26-17/h3-13H,1-2H3,(H,21,23,25)/b17-12-. The highest BCUT2D eigenvalue weighted by Crippen LogP contribution is 2.26. The number of thioether (sulfide) groups is 1. The van der Waals surface area contributed by atoms with E-state index in [1.54, 1.807) is 42.3 Å². The van der Waals surface area contributed by atoms with Gasteiger partial charge in [-0.05, 0) is 48.0 Å². The average molecular weight is 366 g/mol. The second-order valence-corrected chi connectivity index (χ2v) is 6.99. The van der Waals surface area contributed by atoms with Crippen molar-refractivity contribution < 1.29 is 14.4 Å². The Kier molecular flexibility index (Phi) is 5.23. The van der Waals surface area contributed by atoms with Crippen LogP contribution in [0, 0.1) is 0 Å². The lowest BCUT2D eigenvalue weighted by atomic mass is 10.1. The minimum Gasteiger partial charge on any atom is -0.335 e. The van der Waals surface area contributed by atoms with Gasteiger partial charge >= 0.3 is 0 Å². The van der Waals surface area contributed by atoms with Crippen LogP contribution in [0.25, 0.3) is 6.08 Å². The molecule has 0 radical (unpaired) electrons. The van der Waals surface area contributed by atoms with Crippen molar-refractivity contribution in [3.05, 3.63) is 76.2 Å². The fourth-order valence-electron chi connectivity index (χ4n) is 2.63. The summed E-state index contributed by atoms with van der Waals surface area (Å²) in [5.74, 6) is -0.472. The molecule has 2 aromatic rings. The summed E-state index contributed by atoms with van der Waals surface area (Å²) >= 11 is 0.872. The van der Waals surface area contributed by atoms with Gasteiger partial charge in [-0.25, -0.2) is 0 Å². The SMILES string of the molecule is CC(c1ccccc1)N(C)C(=O)c1ccc(/C=C2\SC(=O)NC2=O)cc1. The second-order valence-electron chi connectivity index (χ2n) is 5.98.